The Morgan fingerprint density at radius 2 is 1.78 bits per heavy atom. The normalized spacial score (nSPS) is 28.5. The Labute approximate surface area is 345 Å². The summed E-state index contributed by atoms with van der Waals surface area (Å²) in [5.41, 5.74) is -0.493. The highest BCUT2D eigenvalue weighted by molar-refractivity contribution is 7.91. The molecule has 1 aromatic rings. The van der Waals surface area contributed by atoms with E-state index in [1.807, 2.05) is 30.4 Å². The molecule has 5 atom stereocenters. The Morgan fingerprint density at radius 3 is 2.53 bits per heavy atom. The third-order valence-corrected chi connectivity index (χ3v) is 13.6. The third kappa shape index (κ3) is 10.7. The molecule has 7 rings (SSSR count). The minimum absolute atomic E-state index is 0.0804. The van der Waals surface area contributed by atoms with Gasteiger partial charge in [-0.2, -0.15) is 0 Å². The molecule has 4 fully saturated rings. The van der Waals surface area contributed by atoms with Crippen molar-refractivity contribution in [1.29, 1.82) is 0 Å². The number of ether oxygens (including phenoxy) is 4. The van der Waals surface area contributed by atoms with Gasteiger partial charge in [0, 0.05) is 45.1 Å². The molecule has 0 bridgehead atoms. The average Bonchev–Trinajstić information content (AvgIpc) is 4.07. The second-order valence-corrected chi connectivity index (χ2v) is 19.5. The number of fused-ring (bicyclic) bond motifs is 3. The van der Waals surface area contributed by atoms with Crippen molar-refractivity contribution in [2.45, 2.75) is 126 Å². The van der Waals surface area contributed by atoms with Crippen molar-refractivity contribution in [3.05, 3.63) is 41.5 Å². The molecule has 4 heterocycles. The molecule has 1 aromatic carbocycles. The minimum atomic E-state index is -3.92. The lowest BCUT2D eigenvalue weighted by molar-refractivity contribution is -0.141. The van der Waals surface area contributed by atoms with E-state index in [4.69, 9.17) is 18.9 Å². The number of hydrogen-bond acceptors (Lipinski definition) is 12. The van der Waals surface area contributed by atoms with E-state index in [0.29, 0.717) is 57.8 Å². The van der Waals surface area contributed by atoms with E-state index in [0.717, 1.165) is 43.6 Å². The Balaban J connectivity index is 1.06. The van der Waals surface area contributed by atoms with Crippen molar-refractivity contribution in [3.63, 3.8) is 0 Å². The molecule has 0 aromatic heterocycles. The van der Waals surface area contributed by atoms with E-state index < -0.39 is 80.4 Å². The van der Waals surface area contributed by atoms with Crippen LogP contribution in [0.15, 0.2) is 30.4 Å². The summed E-state index contributed by atoms with van der Waals surface area (Å²) in [6, 6.07) is 3.49. The van der Waals surface area contributed by atoms with Crippen LogP contribution in [-0.4, -0.2) is 134 Å². The first-order chi connectivity index (χ1) is 28.1. The van der Waals surface area contributed by atoms with E-state index in [9.17, 15) is 32.4 Å². The van der Waals surface area contributed by atoms with Gasteiger partial charge in [0.15, 0.2) is 0 Å². The summed E-state index contributed by atoms with van der Waals surface area (Å²) in [5.74, 6) is -1.82. The zero-order valence-corrected chi connectivity index (χ0v) is 35.1. The molecule has 4 aliphatic heterocycles. The zero-order valence-electron chi connectivity index (χ0n) is 34.2. The van der Waals surface area contributed by atoms with Gasteiger partial charge < -0.3 is 34.5 Å². The largest absolute Gasteiger partial charge is 0.492 e. The van der Waals surface area contributed by atoms with E-state index in [-0.39, 0.29) is 32.4 Å². The second kappa shape index (κ2) is 17.7. The lowest BCUT2D eigenvalue weighted by Crippen LogP contribution is -2.58. The maximum atomic E-state index is 14.5. The van der Waals surface area contributed by atoms with Crippen LogP contribution in [0.3, 0.4) is 0 Å². The molecule has 324 valence electrons. The summed E-state index contributed by atoms with van der Waals surface area (Å²) in [6.45, 7) is 10.1. The molecule has 59 heavy (non-hydrogen) atoms. The maximum Gasteiger partial charge on any atom is 0.410 e. The Morgan fingerprint density at radius 1 is 1.02 bits per heavy atom. The van der Waals surface area contributed by atoms with Gasteiger partial charge >= 0.3 is 12.2 Å². The van der Waals surface area contributed by atoms with Crippen molar-refractivity contribution in [1.82, 2.24) is 30.1 Å². The molecule has 2 aliphatic carbocycles. The van der Waals surface area contributed by atoms with Crippen LogP contribution in [0.4, 0.5) is 9.59 Å². The van der Waals surface area contributed by atoms with Gasteiger partial charge in [-0.3, -0.25) is 28.9 Å². The number of rotatable bonds is 9. The number of amides is 5. The van der Waals surface area contributed by atoms with Crippen molar-refractivity contribution in [2.75, 3.05) is 46.0 Å². The topological polar surface area (TPSA) is 202 Å². The van der Waals surface area contributed by atoms with Gasteiger partial charge in [0.25, 0.3) is 5.91 Å². The van der Waals surface area contributed by atoms with Crippen LogP contribution in [0.5, 0.6) is 5.75 Å². The summed E-state index contributed by atoms with van der Waals surface area (Å²) in [6.07, 6.45) is 5.52. The molecule has 2 saturated carbocycles. The van der Waals surface area contributed by atoms with Crippen molar-refractivity contribution < 1.29 is 51.3 Å². The minimum Gasteiger partial charge on any atom is -0.492 e. The van der Waals surface area contributed by atoms with Gasteiger partial charge in [-0.25, -0.2) is 18.0 Å². The Hall–Kier alpha value is -4.42. The van der Waals surface area contributed by atoms with Crippen molar-refractivity contribution >= 4 is 39.9 Å². The number of alkyl carbamates (subject to hydrolysis) is 1. The summed E-state index contributed by atoms with van der Waals surface area (Å²) in [7, 11) is -3.92. The Kier molecular flexibility index (Phi) is 12.8. The molecular formula is C41H58N6O11S. The quantitative estimate of drug-likeness (QED) is 0.308. The highest BCUT2D eigenvalue weighted by Crippen LogP contribution is 2.46. The van der Waals surface area contributed by atoms with Gasteiger partial charge in [0.2, 0.25) is 21.8 Å². The number of nitrogens with one attached hydrogen (secondary N) is 3. The molecule has 6 aliphatic rings. The van der Waals surface area contributed by atoms with E-state index >= 15 is 0 Å². The first kappa shape index (κ1) is 42.7. The number of carbonyl (C=O) groups is 5. The van der Waals surface area contributed by atoms with Gasteiger partial charge in [0.05, 0.1) is 25.0 Å². The predicted molar refractivity (Wildman–Crippen MR) is 213 cm³/mol. The first-order valence-electron chi connectivity index (χ1n) is 21.0. The van der Waals surface area contributed by atoms with Gasteiger partial charge in [-0.1, -0.05) is 31.1 Å². The highest BCUT2D eigenvalue weighted by atomic mass is 32.2. The van der Waals surface area contributed by atoms with Gasteiger partial charge in [0.1, 0.15) is 41.7 Å². The lowest BCUT2D eigenvalue weighted by atomic mass is 10.0. The Bertz CT molecular complexity index is 1910. The number of hydrogen-bond donors (Lipinski definition) is 3. The molecule has 0 spiro atoms. The molecule has 17 nitrogen and oxygen atoms in total. The molecule has 0 radical (unpaired) electrons. The van der Waals surface area contributed by atoms with Crippen molar-refractivity contribution in [2.24, 2.45) is 5.92 Å². The summed E-state index contributed by atoms with van der Waals surface area (Å²) in [5, 5.41) is 4.90. The summed E-state index contributed by atoms with van der Waals surface area (Å²) in [4.78, 5) is 74.4. The fraction of sp³-hybridized carbons (Fsp3) is 0.683. The number of nitrogens with zero attached hydrogens (tertiary/aromatic N) is 3. The van der Waals surface area contributed by atoms with E-state index in [1.54, 1.807) is 25.7 Å². The number of allylic oxidation sites excluding steroid dienone is 1. The van der Waals surface area contributed by atoms with Crippen LogP contribution in [0.25, 0.3) is 0 Å². The number of benzene rings is 1. The average molecular weight is 843 g/mol. The lowest BCUT2D eigenvalue weighted by Gasteiger charge is -2.30. The van der Waals surface area contributed by atoms with Crippen LogP contribution in [0.2, 0.25) is 0 Å². The zero-order chi connectivity index (χ0) is 42.0. The predicted octanol–water partition coefficient (Wildman–Crippen LogP) is 2.72. The van der Waals surface area contributed by atoms with Gasteiger partial charge in [-0.15, -0.1) is 0 Å². The van der Waals surface area contributed by atoms with Crippen LogP contribution < -0.4 is 20.1 Å². The second-order valence-electron chi connectivity index (χ2n) is 17.5. The molecule has 2 saturated heterocycles. The standard InChI is InChI=1S/C41H58N6O11S/c1-40(2,3)58-38(51)42-33-10-8-6-4-5-7-9-29-23-41(29,37(50)44-59(53,54)32-13-14-32)43-35(48)34-22-31(26-47(34)36(33)49)57-39(52)46-24-27-11-12-30(21-28(27)25-46)56-20-17-45-15-18-55-19-16-45/h7,9,11-12,21,29,31-34H,4-6,8,10,13-20,22-26H2,1-3H3,(H,42,51)(H,43,48)(H,44,50)/b9-7-. The SMILES string of the molecule is CC(C)(C)OC(=O)NC1CCCCC/C=C\C2CC2(C(=O)NS(=O)(=O)C2CC2)NC(=O)C2CC(OC(=O)N3Cc4ccc(OCCN5CCOCC5)cc4C3)CN2C1=O. The number of carbonyl (C=O) groups excluding carboxylic acids is 5. The number of sulfonamides is 1. The summed E-state index contributed by atoms with van der Waals surface area (Å²) >= 11 is 0. The molecule has 5 unspecified atom stereocenters. The maximum absolute atomic E-state index is 14.5. The third-order valence-electron chi connectivity index (χ3n) is 11.7. The van der Waals surface area contributed by atoms with E-state index in [2.05, 4.69) is 20.3 Å². The van der Waals surface area contributed by atoms with Crippen molar-refractivity contribution in [3.8, 4) is 5.75 Å². The fourth-order valence-corrected chi connectivity index (χ4v) is 9.59. The highest BCUT2D eigenvalue weighted by Gasteiger charge is 2.62. The van der Waals surface area contributed by atoms with E-state index in [1.165, 1.54) is 4.90 Å². The molecule has 5 amide bonds. The van der Waals surface area contributed by atoms with Crippen LogP contribution >= 0.6 is 0 Å². The van der Waals surface area contributed by atoms with Crippen LogP contribution in [0, 0.1) is 5.92 Å². The first-order valence-corrected chi connectivity index (χ1v) is 22.5. The monoisotopic (exact) mass is 842 g/mol. The van der Waals surface area contributed by atoms with Crippen LogP contribution in [-0.2, 0) is 51.7 Å². The molecule has 3 N–H and O–H groups in total. The molecular weight excluding hydrogens is 785 g/mol. The van der Waals surface area contributed by atoms with Gasteiger partial charge in [-0.05, 0) is 82.6 Å². The molecule has 18 heteroatoms. The summed E-state index contributed by atoms with van der Waals surface area (Å²) < 4.78 is 50.8. The van der Waals surface area contributed by atoms with Crippen LogP contribution in [0.1, 0.15) is 89.7 Å². The smallest absolute Gasteiger partial charge is 0.410 e. The fourth-order valence-electron chi connectivity index (χ4n) is 8.22. The number of morpholine rings is 1.